The number of amides is 2. The van der Waals surface area contributed by atoms with E-state index in [4.69, 9.17) is 21.1 Å². The molecule has 31 heavy (non-hydrogen) atoms. The molecule has 0 radical (unpaired) electrons. The van der Waals surface area contributed by atoms with Crippen molar-refractivity contribution in [3.63, 3.8) is 0 Å². The van der Waals surface area contributed by atoms with E-state index in [-0.39, 0.29) is 6.04 Å². The molecule has 1 aromatic heterocycles. The van der Waals surface area contributed by atoms with Crippen LogP contribution in [0.5, 0.6) is 5.75 Å². The quantitative estimate of drug-likeness (QED) is 0.513. The number of carbonyl (C=O) groups excluding carboxylic acids is 1. The third kappa shape index (κ3) is 6.07. The van der Waals surface area contributed by atoms with Crippen LogP contribution in [0.2, 0.25) is 5.02 Å². The van der Waals surface area contributed by atoms with Crippen molar-refractivity contribution in [2.45, 2.75) is 13.0 Å². The van der Waals surface area contributed by atoms with Crippen LogP contribution >= 0.6 is 11.6 Å². The van der Waals surface area contributed by atoms with E-state index >= 15 is 0 Å². The first-order valence-electron chi connectivity index (χ1n) is 9.59. The van der Waals surface area contributed by atoms with Crippen molar-refractivity contribution in [3.8, 4) is 5.75 Å². The van der Waals surface area contributed by atoms with Gasteiger partial charge in [0, 0.05) is 36.1 Å². The zero-order valence-corrected chi connectivity index (χ0v) is 18.3. The number of hydrogen-bond donors (Lipinski definition) is 2. The van der Waals surface area contributed by atoms with E-state index in [1.54, 1.807) is 75.0 Å². The molecule has 162 valence electrons. The Morgan fingerprint density at radius 3 is 2.61 bits per heavy atom. The highest BCUT2D eigenvalue weighted by atomic mass is 35.5. The van der Waals surface area contributed by atoms with E-state index in [2.05, 4.69) is 20.6 Å². The molecule has 0 saturated heterocycles. The smallest absolute Gasteiger partial charge is 0.332 e. The Labute approximate surface area is 186 Å². The molecule has 2 N–H and O–H groups in total. The van der Waals surface area contributed by atoms with E-state index in [0.717, 1.165) is 0 Å². The topological polar surface area (TPSA) is 88.6 Å². The van der Waals surface area contributed by atoms with Gasteiger partial charge in [-0.15, -0.1) is 0 Å². The van der Waals surface area contributed by atoms with Crippen LogP contribution in [0.3, 0.4) is 0 Å². The minimum absolute atomic E-state index is 0.00465. The maximum Gasteiger partial charge on any atom is 0.332 e. The molecule has 1 heterocycles. The molecule has 3 rings (SSSR count). The highest BCUT2D eigenvalue weighted by Gasteiger charge is 2.21. The molecule has 2 amide bonds. The minimum atomic E-state index is -0.401. The summed E-state index contributed by atoms with van der Waals surface area (Å²) >= 11 is 6.05. The summed E-state index contributed by atoms with van der Waals surface area (Å²) in [5, 5.41) is 6.54. The SMILES string of the molecule is COCC(C)Nc1nccc(N(C(=O)Nc2cccc(Cl)c2)c2ccc(OC)cc2)n1. The van der Waals surface area contributed by atoms with Crippen LogP contribution in [-0.2, 0) is 4.74 Å². The zero-order chi connectivity index (χ0) is 22.2. The summed E-state index contributed by atoms with van der Waals surface area (Å²) in [6.45, 7) is 2.44. The van der Waals surface area contributed by atoms with Gasteiger partial charge < -0.3 is 20.1 Å². The average molecular weight is 442 g/mol. The fourth-order valence-electron chi connectivity index (χ4n) is 2.89. The lowest BCUT2D eigenvalue weighted by molar-refractivity contribution is 0.190. The van der Waals surface area contributed by atoms with E-state index in [9.17, 15) is 4.79 Å². The highest BCUT2D eigenvalue weighted by Crippen LogP contribution is 2.28. The van der Waals surface area contributed by atoms with Gasteiger partial charge in [-0.25, -0.2) is 14.7 Å². The molecule has 0 aliphatic rings. The normalized spacial score (nSPS) is 11.5. The van der Waals surface area contributed by atoms with Crippen LogP contribution in [-0.4, -0.2) is 42.9 Å². The molecule has 2 aromatic carbocycles. The van der Waals surface area contributed by atoms with Gasteiger partial charge >= 0.3 is 6.03 Å². The predicted octanol–water partition coefficient (Wildman–Crippen LogP) is 4.96. The summed E-state index contributed by atoms with van der Waals surface area (Å²) in [7, 11) is 3.21. The summed E-state index contributed by atoms with van der Waals surface area (Å²) in [4.78, 5) is 23.5. The zero-order valence-electron chi connectivity index (χ0n) is 17.5. The van der Waals surface area contributed by atoms with E-state index in [0.29, 0.717) is 40.5 Å². The molecule has 1 unspecified atom stereocenters. The van der Waals surface area contributed by atoms with Crippen LogP contribution < -0.4 is 20.3 Å². The predicted molar refractivity (Wildman–Crippen MR) is 123 cm³/mol. The minimum Gasteiger partial charge on any atom is -0.497 e. The monoisotopic (exact) mass is 441 g/mol. The van der Waals surface area contributed by atoms with Crippen molar-refractivity contribution in [1.82, 2.24) is 9.97 Å². The first kappa shape index (κ1) is 22.3. The Balaban J connectivity index is 1.94. The van der Waals surface area contributed by atoms with Crippen molar-refractivity contribution in [2.24, 2.45) is 0 Å². The molecular weight excluding hydrogens is 418 g/mol. The van der Waals surface area contributed by atoms with E-state index in [1.165, 1.54) is 4.90 Å². The number of rotatable bonds is 8. The van der Waals surface area contributed by atoms with Gasteiger partial charge in [0.1, 0.15) is 11.6 Å². The lowest BCUT2D eigenvalue weighted by Gasteiger charge is -2.23. The molecule has 1 atom stereocenters. The Morgan fingerprint density at radius 2 is 1.94 bits per heavy atom. The molecule has 0 spiro atoms. The molecule has 0 aliphatic carbocycles. The summed E-state index contributed by atoms with van der Waals surface area (Å²) < 4.78 is 10.4. The second-order valence-electron chi connectivity index (χ2n) is 6.71. The second-order valence-corrected chi connectivity index (χ2v) is 7.15. The number of benzene rings is 2. The van der Waals surface area contributed by atoms with Gasteiger partial charge in [0.2, 0.25) is 5.95 Å². The lowest BCUT2D eigenvalue weighted by atomic mass is 10.2. The fourth-order valence-corrected chi connectivity index (χ4v) is 3.08. The number of anilines is 4. The van der Waals surface area contributed by atoms with Crippen molar-refractivity contribution < 1.29 is 14.3 Å². The van der Waals surface area contributed by atoms with Gasteiger partial charge in [0.05, 0.1) is 19.4 Å². The summed E-state index contributed by atoms with van der Waals surface area (Å²) in [5.41, 5.74) is 1.17. The number of urea groups is 1. The average Bonchev–Trinajstić information content (AvgIpc) is 2.75. The summed E-state index contributed by atoms with van der Waals surface area (Å²) in [6.07, 6.45) is 1.59. The maximum absolute atomic E-state index is 13.3. The first-order chi connectivity index (χ1) is 15.0. The van der Waals surface area contributed by atoms with Crippen LogP contribution in [0.4, 0.5) is 27.9 Å². The van der Waals surface area contributed by atoms with Gasteiger partial charge in [0.25, 0.3) is 0 Å². The third-order valence-electron chi connectivity index (χ3n) is 4.27. The van der Waals surface area contributed by atoms with Crippen molar-refractivity contribution in [2.75, 3.05) is 36.4 Å². The maximum atomic E-state index is 13.3. The molecule has 0 fully saturated rings. The molecule has 3 aromatic rings. The Bertz CT molecular complexity index is 1020. The number of hydrogen-bond acceptors (Lipinski definition) is 6. The van der Waals surface area contributed by atoms with Gasteiger partial charge in [-0.1, -0.05) is 17.7 Å². The Morgan fingerprint density at radius 1 is 1.16 bits per heavy atom. The molecule has 0 saturated carbocycles. The summed E-state index contributed by atoms with van der Waals surface area (Å²) in [6, 6.07) is 15.3. The molecule has 8 nitrogen and oxygen atoms in total. The Hall–Kier alpha value is -3.36. The Kier molecular flexibility index (Phi) is 7.64. The molecule has 9 heteroatoms. The highest BCUT2D eigenvalue weighted by molar-refractivity contribution is 6.31. The van der Waals surface area contributed by atoms with Crippen LogP contribution in [0.15, 0.2) is 60.8 Å². The number of nitrogens with zero attached hydrogens (tertiary/aromatic N) is 3. The molecule has 0 aliphatic heterocycles. The lowest BCUT2D eigenvalue weighted by Crippen LogP contribution is -2.32. The first-order valence-corrected chi connectivity index (χ1v) is 9.97. The molecular formula is C22H24ClN5O3. The number of ether oxygens (including phenoxy) is 2. The van der Waals surface area contributed by atoms with Crippen molar-refractivity contribution >= 4 is 40.8 Å². The third-order valence-corrected chi connectivity index (χ3v) is 4.51. The number of nitrogens with one attached hydrogen (secondary N) is 2. The number of halogens is 1. The van der Waals surface area contributed by atoms with Crippen molar-refractivity contribution in [1.29, 1.82) is 0 Å². The van der Waals surface area contributed by atoms with Crippen LogP contribution in [0.25, 0.3) is 0 Å². The van der Waals surface area contributed by atoms with E-state index in [1.807, 2.05) is 6.92 Å². The van der Waals surface area contributed by atoms with Gasteiger partial charge in [0.15, 0.2) is 0 Å². The number of aromatic nitrogens is 2. The standard InChI is InChI=1S/C22H24ClN5O3/c1-15(14-30-2)25-21-24-12-11-20(27-21)28(18-7-9-19(31-3)10-8-18)22(29)26-17-6-4-5-16(23)13-17/h4-13,15H,14H2,1-3H3,(H,26,29)(H,24,25,27). The van der Waals surface area contributed by atoms with Gasteiger partial charge in [-0.05, 0) is 49.4 Å². The van der Waals surface area contributed by atoms with Crippen LogP contribution in [0.1, 0.15) is 6.92 Å². The van der Waals surface area contributed by atoms with Crippen molar-refractivity contribution in [3.05, 3.63) is 65.8 Å². The fraction of sp³-hybridized carbons (Fsp3) is 0.227. The largest absolute Gasteiger partial charge is 0.497 e. The number of methoxy groups -OCH3 is 2. The molecule has 0 bridgehead atoms. The number of carbonyl (C=O) groups is 1. The van der Waals surface area contributed by atoms with Crippen LogP contribution in [0, 0.1) is 0 Å². The second kappa shape index (κ2) is 10.6. The van der Waals surface area contributed by atoms with Gasteiger partial charge in [-0.2, -0.15) is 4.98 Å². The van der Waals surface area contributed by atoms with E-state index < -0.39 is 6.03 Å². The summed E-state index contributed by atoms with van der Waals surface area (Å²) in [5.74, 6) is 1.46. The van der Waals surface area contributed by atoms with Gasteiger partial charge in [-0.3, -0.25) is 0 Å².